The maximum Gasteiger partial charge on any atom is 0.280 e. The van der Waals surface area contributed by atoms with E-state index in [0.29, 0.717) is 55.2 Å². The summed E-state index contributed by atoms with van der Waals surface area (Å²) < 4.78 is 57.2. The first kappa shape index (κ1) is 24.5. The van der Waals surface area contributed by atoms with Gasteiger partial charge in [-0.05, 0) is 18.9 Å². The number of hydrogen-bond donors (Lipinski definition) is 1. The second-order valence-electron chi connectivity index (χ2n) is 9.94. The molecule has 0 aromatic carbocycles. The van der Waals surface area contributed by atoms with Crippen LogP contribution in [0.4, 0.5) is 20.5 Å². The standard InChI is InChI=1S/C22H31F2N7O3S/c1-34-8-7-29-11-22(12-29)13-30(14-22)20-18-15(9-17(27-20)19(23)24)10-25-21(28-18)26-16-3-5-31(6-4-16)35(2,32)33/h9-10,16,19H,3-8,11-14H2,1-2H3,(H,25,26,28). The highest BCUT2D eigenvalue weighted by Gasteiger charge is 2.52. The zero-order chi connectivity index (χ0) is 24.8. The summed E-state index contributed by atoms with van der Waals surface area (Å²) in [6, 6.07) is 1.38. The smallest absolute Gasteiger partial charge is 0.280 e. The van der Waals surface area contributed by atoms with Gasteiger partial charge < -0.3 is 15.0 Å². The number of hydrogen-bond acceptors (Lipinski definition) is 9. The van der Waals surface area contributed by atoms with Crippen LogP contribution >= 0.6 is 0 Å². The number of fused-ring (bicyclic) bond motifs is 1. The third-order valence-electron chi connectivity index (χ3n) is 7.13. The summed E-state index contributed by atoms with van der Waals surface area (Å²) in [5.74, 6) is 0.865. The summed E-state index contributed by atoms with van der Waals surface area (Å²) in [5, 5.41) is 3.82. The van der Waals surface area contributed by atoms with E-state index in [-0.39, 0.29) is 17.2 Å². The molecule has 35 heavy (non-hydrogen) atoms. The molecule has 3 saturated heterocycles. The van der Waals surface area contributed by atoms with Crippen LogP contribution in [0.5, 0.6) is 0 Å². The number of halogens is 2. The Bertz CT molecular complexity index is 1180. The summed E-state index contributed by atoms with van der Waals surface area (Å²) in [5.41, 5.74) is 0.441. The molecule has 1 N–H and O–H groups in total. The largest absolute Gasteiger partial charge is 0.383 e. The molecule has 0 aliphatic carbocycles. The fourth-order valence-corrected chi connectivity index (χ4v) is 6.23. The summed E-state index contributed by atoms with van der Waals surface area (Å²) >= 11 is 0. The molecular weight excluding hydrogens is 480 g/mol. The molecule has 0 bridgehead atoms. The van der Waals surface area contributed by atoms with Gasteiger partial charge in [-0.15, -0.1) is 0 Å². The summed E-state index contributed by atoms with van der Waals surface area (Å²) in [4.78, 5) is 17.7. The van der Waals surface area contributed by atoms with E-state index in [0.717, 1.165) is 32.7 Å². The third-order valence-corrected chi connectivity index (χ3v) is 8.43. The Morgan fingerprint density at radius 2 is 1.91 bits per heavy atom. The van der Waals surface area contributed by atoms with Gasteiger partial charge in [0, 0.05) is 76.0 Å². The number of ether oxygens (including phenoxy) is 1. The number of pyridine rings is 1. The predicted octanol–water partition coefficient (Wildman–Crippen LogP) is 1.57. The van der Waals surface area contributed by atoms with Gasteiger partial charge in [0.05, 0.1) is 12.9 Å². The molecule has 3 fully saturated rings. The predicted molar refractivity (Wildman–Crippen MR) is 128 cm³/mol. The van der Waals surface area contributed by atoms with Gasteiger partial charge >= 0.3 is 0 Å². The van der Waals surface area contributed by atoms with Gasteiger partial charge in [-0.2, -0.15) is 0 Å². The Morgan fingerprint density at radius 1 is 1.20 bits per heavy atom. The molecule has 192 valence electrons. The Labute approximate surface area is 203 Å². The first-order valence-electron chi connectivity index (χ1n) is 11.8. The van der Waals surface area contributed by atoms with Gasteiger partial charge in [0.2, 0.25) is 16.0 Å². The zero-order valence-electron chi connectivity index (χ0n) is 20.0. The lowest BCUT2D eigenvalue weighted by Gasteiger charge is -2.60. The number of likely N-dealkylation sites (tertiary alicyclic amines) is 1. The van der Waals surface area contributed by atoms with Crippen LogP contribution in [0, 0.1) is 5.41 Å². The molecule has 10 nitrogen and oxygen atoms in total. The Morgan fingerprint density at radius 3 is 2.54 bits per heavy atom. The minimum atomic E-state index is -3.20. The molecule has 2 aromatic heterocycles. The SMILES string of the molecule is COCCN1CC2(C1)CN(c1nc(C(F)F)cc3cnc(NC4CCN(S(C)(=O)=O)CC4)nc13)C2. The molecule has 13 heteroatoms. The van der Waals surface area contributed by atoms with E-state index in [1.807, 2.05) is 4.90 Å². The van der Waals surface area contributed by atoms with E-state index in [9.17, 15) is 17.2 Å². The van der Waals surface area contributed by atoms with Gasteiger partial charge in [0.1, 0.15) is 11.2 Å². The quantitative estimate of drug-likeness (QED) is 0.566. The number of sulfonamides is 1. The van der Waals surface area contributed by atoms with Gasteiger partial charge in [-0.3, -0.25) is 4.90 Å². The lowest BCUT2D eigenvalue weighted by atomic mass is 9.73. The number of nitrogens with one attached hydrogen (secondary N) is 1. The van der Waals surface area contributed by atoms with Crippen molar-refractivity contribution in [2.24, 2.45) is 5.41 Å². The molecule has 1 spiro atoms. The Balaban J connectivity index is 1.32. The zero-order valence-corrected chi connectivity index (χ0v) is 20.8. The molecule has 0 saturated carbocycles. The fourth-order valence-electron chi connectivity index (χ4n) is 5.35. The summed E-state index contributed by atoms with van der Waals surface area (Å²) in [6.45, 7) is 5.90. The molecule has 3 aliphatic heterocycles. The van der Waals surface area contributed by atoms with Crippen LogP contribution < -0.4 is 10.2 Å². The average molecular weight is 512 g/mol. The van der Waals surface area contributed by atoms with Gasteiger partial charge in [0.25, 0.3) is 6.43 Å². The molecule has 0 radical (unpaired) electrons. The van der Waals surface area contributed by atoms with Crippen molar-refractivity contribution in [2.45, 2.75) is 25.3 Å². The lowest BCUT2D eigenvalue weighted by Crippen LogP contribution is -2.72. The number of methoxy groups -OCH3 is 1. The van der Waals surface area contributed by atoms with Crippen molar-refractivity contribution < 1.29 is 21.9 Å². The second kappa shape index (κ2) is 9.34. The lowest BCUT2D eigenvalue weighted by molar-refractivity contribution is -0.0330. The Kier molecular flexibility index (Phi) is 6.53. The minimum Gasteiger partial charge on any atom is -0.383 e. The van der Waals surface area contributed by atoms with Crippen molar-refractivity contribution in [1.82, 2.24) is 24.2 Å². The van der Waals surface area contributed by atoms with E-state index in [1.54, 1.807) is 13.3 Å². The number of rotatable bonds is 8. The van der Waals surface area contributed by atoms with E-state index >= 15 is 0 Å². The normalized spacial score (nSPS) is 21.5. The van der Waals surface area contributed by atoms with E-state index in [1.165, 1.54) is 16.6 Å². The van der Waals surface area contributed by atoms with Crippen molar-refractivity contribution in [1.29, 1.82) is 0 Å². The van der Waals surface area contributed by atoms with E-state index in [2.05, 4.69) is 25.2 Å². The topological polar surface area (TPSA) is 104 Å². The van der Waals surface area contributed by atoms with Gasteiger partial charge in [-0.25, -0.2) is 36.5 Å². The van der Waals surface area contributed by atoms with Crippen LogP contribution in [0.2, 0.25) is 0 Å². The van der Waals surface area contributed by atoms with Crippen LogP contribution in [0.15, 0.2) is 12.3 Å². The highest BCUT2D eigenvalue weighted by molar-refractivity contribution is 7.88. The first-order valence-corrected chi connectivity index (χ1v) is 13.6. The maximum atomic E-state index is 13.6. The molecule has 2 aromatic rings. The summed E-state index contributed by atoms with van der Waals surface area (Å²) in [6.07, 6.45) is 1.37. The molecule has 5 rings (SSSR count). The molecule has 0 atom stereocenters. The number of aromatic nitrogens is 3. The minimum absolute atomic E-state index is 0.0301. The van der Waals surface area contributed by atoms with Crippen LogP contribution in [0.1, 0.15) is 25.0 Å². The highest BCUT2D eigenvalue weighted by Crippen LogP contribution is 2.43. The van der Waals surface area contributed by atoms with Crippen LogP contribution in [0.25, 0.3) is 10.9 Å². The average Bonchev–Trinajstić information content (AvgIpc) is 2.76. The van der Waals surface area contributed by atoms with Gasteiger partial charge in [0.15, 0.2) is 5.82 Å². The first-order chi connectivity index (χ1) is 16.7. The number of piperidine rings is 1. The van der Waals surface area contributed by atoms with Crippen molar-refractivity contribution in [2.75, 3.05) is 76.0 Å². The van der Waals surface area contributed by atoms with Crippen molar-refractivity contribution in [3.8, 4) is 0 Å². The maximum absolute atomic E-state index is 13.6. The Hall–Kier alpha value is -2.22. The van der Waals surface area contributed by atoms with E-state index < -0.39 is 16.4 Å². The van der Waals surface area contributed by atoms with Crippen molar-refractivity contribution in [3.63, 3.8) is 0 Å². The molecular formula is C22H31F2N7O3S. The van der Waals surface area contributed by atoms with Crippen molar-refractivity contribution in [3.05, 3.63) is 18.0 Å². The van der Waals surface area contributed by atoms with Crippen molar-refractivity contribution >= 4 is 32.7 Å². The van der Waals surface area contributed by atoms with Gasteiger partial charge in [-0.1, -0.05) is 0 Å². The second-order valence-corrected chi connectivity index (χ2v) is 11.9. The molecule has 0 amide bonds. The fraction of sp³-hybridized carbons (Fsp3) is 0.682. The monoisotopic (exact) mass is 511 g/mol. The molecule has 0 unspecified atom stereocenters. The number of alkyl halides is 2. The van der Waals surface area contributed by atoms with E-state index in [4.69, 9.17) is 4.74 Å². The van der Waals surface area contributed by atoms with Crippen LogP contribution in [-0.2, 0) is 14.8 Å². The van der Waals surface area contributed by atoms with Crippen LogP contribution in [0.3, 0.4) is 0 Å². The van der Waals surface area contributed by atoms with Crippen LogP contribution in [-0.4, -0.2) is 104 Å². The third kappa shape index (κ3) is 5.04. The highest BCUT2D eigenvalue weighted by atomic mass is 32.2. The molecule has 3 aliphatic rings. The molecule has 5 heterocycles. The number of anilines is 2. The summed E-state index contributed by atoms with van der Waals surface area (Å²) in [7, 11) is -1.51. The number of nitrogens with zero attached hydrogens (tertiary/aromatic N) is 6.